The van der Waals surface area contributed by atoms with E-state index in [1.807, 2.05) is 12.3 Å². The summed E-state index contributed by atoms with van der Waals surface area (Å²) >= 11 is 1.72. The number of aryl methyl sites for hydroxylation is 2. The molecule has 1 heterocycles. The summed E-state index contributed by atoms with van der Waals surface area (Å²) < 4.78 is 0. The summed E-state index contributed by atoms with van der Waals surface area (Å²) in [6.07, 6.45) is 3.63. The molecule has 0 saturated carbocycles. The third-order valence-electron chi connectivity index (χ3n) is 3.37. The smallest absolute Gasteiger partial charge is 0.0536 e. The van der Waals surface area contributed by atoms with E-state index in [9.17, 15) is 0 Å². The van der Waals surface area contributed by atoms with Crippen LogP contribution in [0.5, 0.6) is 0 Å². The predicted octanol–water partition coefficient (Wildman–Crippen LogP) is 4.59. The Morgan fingerprint density at radius 1 is 1.00 bits per heavy atom. The zero-order chi connectivity index (χ0) is 14.1. The third kappa shape index (κ3) is 2.37. The lowest BCUT2D eigenvalue weighted by atomic mass is 10.1. The lowest BCUT2D eigenvalue weighted by Gasteiger charge is -2.10. The molecule has 0 bridgehead atoms. The van der Waals surface area contributed by atoms with Gasteiger partial charge in [0.25, 0.3) is 0 Å². The maximum absolute atomic E-state index is 6.30. The van der Waals surface area contributed by atoms with Crippen molar-refractivity contribution in [3.05, 3.63) is 59.9 Å². The maximum Gasteiger partial charge on any atom is 0.0536 e. The Labute approximate surface area is 123 Å². The van der Waals surface area contributed by atoms with Gasteiger partial charge in [-0.25, -0.2) is 0 Å². The number of benzene rings is 2. The van der Waals surface area contributed by atoms with Crippen LogP contribution < -0.4 is 5.73 Å². The Morgan fingerprint density at radius 2 is 1.80 bits per heavy atom. The van der Waals surface area contributed by atoms with Gasteiger partial charge < -0.3 is 5.73 Å². The van der Waals surface area contributed by atoms with Gasteiger partial charge in [0.15, 0.2) is 0 Å². The molecule has 0 spiro atoms. The van der Waals surface area contributed by atoms with E-state index in [1.165, 1.54) is 16.0 Å². The number of nitrogens with two attached hydrogens (primary N) is 1. The van der Waals surface area contributed by atoms with Gasteiger partial charge in [-0.3, -0.25) is 4.98 Å². The Morgan fingerprint density at radius 3 is 2.60 bits per heavy atom. The van der Waals surface area contributed by atoms with Crippen LogP contribution in [-0.2, 0) is 0 Å². The minimum atomic E-state index is 0.829. The van der Waals surface area contributed by atoms with Gasteiger partial charge in [0.2, 0.25) is 0 Å². The van der Waals surface area contributed by atoms with E-state index in [0.29, 0.717) is 0 Å². The van der Waals surface area contributed by atoms with E-state index in [4.69, 9.17) is 5.73 Å². The van der Waals surface area contributed by atoms with Crippen LogP contribution in [0.3, 0.4) is 0 Å². The number of nitrogens with zero attached hydrogens (tertiary/aromatic N) is 1. The van der Waals surface area contributed by atoms with Gasteiger partial charge in [-0.1, -0.05) is 35.5 Å². The molecule has 20 heavy (non-hydrogen) atoms. The fraction of sp³-hybridized carbons (Fsp3) is 0.118. The second-order valence-electron chi connectivity index (χ2n) is 4.95. The monoisotopic (exact) mass is 280 g/mol. The summed E-state index contributed by atoms with van der Waals surface area (Å²) in [5, 5.41) is 2.14. The Bertz CT molecular complexity index is 781. The van der Waals surface area contributed by atoms with Gasteiger partial charge in [-0.05, 0) is 37.6 Å². The second kappa shape index (κ2) is 5.17. The highest BCUT2D eigenvalue weighted by Gasteiger charge is 2.07. The van der Waals surface area contributed by atoms with E-state index in [-0.39, 0.29) is 0 Å². The molecule has 3 rings (SSSR count). The van der Waals surface area contributed by atoms with Crippen molar-refractivity contribution in [3.8, 4) is 0 Å². The van der Waals surface area contributed by atoms with E-state index in [2.05, 4.69) is 49.2 Å². The predicted molar refractivity (Wildman–Crippen MR) is 86.2 cm³/mol. The maximum atomic E-state index is 6.30. The van der Waals surface area contributed by atoms with Crippen LogP contribution in [0.1, 0.15) is 11.1 Å². The first-order chi connectivity index (χ1) is 9.65. The van der Waals surface area contributed by atoms with Crippen LogP contribution in [-0.4, -0.2) is 4.98 Å². The van der Waals surface area contributed by atoms with Gasteiger partial charge in [-0.2, -0.15) is 0 Å². The Kier molecular flexibility index (Phi) is 3.36. The van der Waals surface area contributed by atoms with E-state index in [1.54, 1.807) is 18.0 Å². The van der Waals surface area contributed by atoms with Crippen molar-refractivity contribution in [2.75, 3.05) is 5.73 Å². The minimum absolute atomic E-state index is 0.829. The molecule has 0 saturated heterocycles. The van der Waals surface area contributed by atoms with Crippen LogP contribution in [0.15, 0.2) is 58.6 Å². The Balaban J connectivity index is 2.04. The molecule has 0 fully saturated rings. The molecule has 0 aliphatic heterocycles. The number of aromatic nitrogens is 1. The van der Waals surface area contributed by atoms with E-state index >= 15 is 0 Å². The molecule has 0 unspecified atom stereocenters. The molecule has 0 atom stereocenters. The van der Waals surface area contributed by atoms with Gasteiger partial charge in [0, 0.05) is 33.0 Å². The van der Waals surface area contributed by atoms with Gasteiger partial charge in [0.05, 0.1) is 5.69 Å². The van der Waals surface area contributed by atoms with Crippen LogP contribution in [0.4, 0.5) is 5.69 Å². The average molecular weight is 280 g/mol. The summed E-state index contributed by atoms with van der Waals surface area (Å²) in [6.45, 7) is 4.25. The molecule has 0 amide bonds. The largest absolute Gasteiger partial charge is 0.397 e. The van der Waals surface area contributed by atoms with Crippen molar-refractivity contribution in [2.24, 2.45) is 0 Å². The fourth-order valence-electron chi connectivity index (χ4n) is 2.29. The molecule has 3 aromatic rings. The van der Waals surface area contributed by atoms with Crippen LogP contribution >= 0.6 is 11.8 Å². The molecule has 3 heteroatoms. The van der Waals surface area contributed by atoms with Crippen LogP contribution in [0.25, 0.3) is 10.8 Å². The molecular weight excluding hydrogens is 264 g/mol. The summed E-state index contributed by atoms with van der Waals surface area (Å²) in [6, 6.07) is 12.6. The second-order valence-corrected chi connectivity index (χ2v) is 6.03. The minimum Gasteiger partial charge on any atom is -0.397 e. The summed E-state index contributed by atoms with van der Waals surface area (Å²) in [5.74, 6) is 0. The quantitative estimate of drug-likeness (QED) is 0.698. The lowest BCUT2D eigenvalue weighted by Crippen LogP contribution is -1.91. The highest BCUT2D eigenvalue weighted by molar-refractivity contribution is 7.99. The third-order valence-corrected chi connectivity index (χ3v) is 4.63. The molecule has 2 aromatic carbocycles. The number of anilines is 1. The number of pyridine rings is 1. The number of hydrogen-bond donors (Lipinski definition) is 1. The SMILES string of the molecule is Cc1ccc(Sc2ccc3cnccc3c2N)c(C)c1. The van der Waals surface area contributed by atoms with Crippen LogP contribution in [0.2, 0.25) is 0 Å². The standard InChI is InChI=1S/C17H16N2S/c1-11-3-5-15(12(2)9-11)20-16-6-4-13-10-19-8-7-14(13)17(16)18/h3-10H,18H2,1-2H3. The van der Waals surface area contributed by atoms with Crippen molar-refractivity contribution in [1.82, 2.24) is 4.98 Å². The first-order valence-corrected chi connectivity index (χ1v) is 7.34. The van der Waals surface area contributed by atoms with Crippen molar-refractivity contribution in [2.45, 2.75) is 23.6 Å². The van der Waals surface area contributed by atoms with Crippen molar-refractivity contribution in [1.29, 1.82) is 0 Å². The number of hydrogen-bond acceptors (Lipinski definition) is 3. The highest BCUT2D eigenvalue weighted by atomic mass is 32.2. The molecule has 100 valence electrons. The highest BCUT2D eigenvalue weighted by Crippen LogP contribution is 2.37. The lowest BCUT2D eigenvalue weighted by molar-refractivity contribution is 1.26. The van der Waals surface area contributed by atoms with Gasteiger partial charge in [0.1, 0.15) is 0 Å². The average Bonchev–Trinajstić information content (AvgIpc) is 2.45. The van der Waals surface area contributed by atoms with Crippen LogP contribution in [0, 0.1) is 13.8 Å². The molecule has 0 radical (unpaired) electrons. The first-order valence-electron chi connectivity index (χ1n) is 6.52. The number of nitrogen functional groups attached to an aromatic ring is 1. The fourth-order valence-corrected chi connectivity index (χ4v) is 3.24. The molecule has 2 nitrogen and oxygen atoms in total. The molecule has 0 aliphatic carbocycles. The van der Waals surface area contributed by atoms with Crippen molar-refractivity contribution >= 4 is 28.2 Å². The molecule has 2 N–H and O–H groups in total. The molecule has 1 aromatic heterocycles. The summed E-state index contributed by atoms with van der Waals surface area (Å²) in [4.78, 5) is 6.47. The summed E-state index contributed by atoms with van der Waals surface area (Å²) in [5.41, 5.74) is 9.69. The van der Waals surface area contributed by atoms with Crippen molar-refractivity contribution < 1.29 is 0 Å². The van der Waals surface area contributed by atoms with Crippen molar-refractivity contribution in [3.63, 3.8) is 0 Å². The first kappa shape index (κ1) is 13.0. The summed E-state index contributed by atoms with van der Waals surface area (Å²) in [7, 11) is 0. The molecule has 0 aliphatic rings. The zero-order valence-electron chi connectivity index (χ0n) is 11.6. The number of fused-ring (bicyclic) bond motifs is 1. The molecular formula is C17H16N2S. The van der Waals surface area contributed by atoms with Gasteiger partial charge >= 0.3 is 0 Å². The number of rotatable bonds is 2. The zero-order valence-corrected chi connectivity index (χ0v) is 12.4. The van der Waals surface area contributed by atoms with Gasteiger partial charge in [-0.15, -0.1) is 0 Å². The topological polar surface area (TPSA) is 38.9 Å². The van der Waals surface area contributed by atoms with E-state index < -0.39 is 0 Å². The Hall–Kier alpha value is -2.00. The normalized spacial score (nSPS) is 10.9. The van der Waals surface area contributed by atoms with E-state index in [0.717, 1.165) is 21.4 Å².